The van der Waals surface area contributed by atoms with Crippen molar-refractivity contribution in [2.24, 2.45) is 0 Å². The largest absolute Gasteiger partial charge is 0.462 e. The van der Waals surface area contributed by atoms with Crippen molar-refractivity contribution in [3.63, 3.8) is 0 Å². The topological polar surface area (TPSA) is 78.9 Å². The van der Waals surface area contributed by atoms with Crippen LogP contribution in [-0.2, 0) is 28.6 Å². The Kier molecular flexibility index (Phi) is 51.5. The van der Waals surface area contributed by atoms with E-state index in [4.69, 9.17) is 14.2 Å². The van der Waals surface area contributed by atoms with Crippen LogP contribution in [0.4, 0.5) is 0 Å². The van der Waals surface area contributed by atoms with Gasteiger partial charge in [-0.25, -0.2) is 0 Å². The molecular formula is C61H100O6. The molecule has 0 heterocycles. The van der Waals surface area contributed by atoms with Gasteiger partial charge in [0.25, 0.3) is 0 Å². The lowest BCUT2D eigenvalue weighted by Gasteiger charge is -2.18. The van der Waals surface area contributed by atoms with Crippen molar-refractivity contribution in [2.75, 3.05) is 13.2 Å². The number of hydrogen-bond donors (Lipinski definition) is 0. The predicted molar refractivity (Wildman–Crippen MR) is 288 cm³/mol. The van der Waals surface area contributed by atoms with E-state index in [-0.39, 0.29) is 31.1 Å². The number of hydrogen-bond acceptors (Lipinski definition) is 6. The Hall–Kier alpha value is -3.93. The van der Waals surface area contributed by atoms with Crippen molar-refractivity contribution in [1.29, 1.82) is 0 Å². The Morgan fingerprint density at radius 1 is 0.313 bits per heavy atom. The fourth-order valence-electron chi connectivity index (χ4n) is 7.12. The van der Waals surface area contributed by atoms with Crippen LogP contribution in [0.1, 0.15) is 239 Å². The van der Waals surface area contributed by atoms with Crippen molar-refractivity contribution in [2.45, 2.75) is 245 Å². The normalized spacial score (nSPS) is 12.9. The van der Waals surface area contributed by atoms with Gasteiger partial charge in [0.2, 0.25) is 0 Å². The van der Waals surface area contributed by atoms with Gasteiger partial charge >= 0.3 is 17.9 Å². The molecule has 0 saturated heterocycles. The molecule has 0 aliphatic rings. The number of unbranched alkanes of at least 4 members (excludes halogenated alkanes) is 19. The molecule has 0 aromatic carbocycles. The number of ether oxygens (including phenoxy) is 3. The van der Waals surface area contributed by atoms with Crippen molar-refractivity contribution >= 4 is 17.9 Å². The summed E-state index contributed by atoms with van der Waals surface area (Å²) in [5.41, 5.74) is 0. The van der Waals surface area contributed by atoms with E-state index in [2.05, 4.69) is 130 Å². The van der Waals surface area contributed by atoms with E-state index in [9.17, 15) is 14.4 Å². The molecule has 0 spiro atoms. The van der Waals surface area contributed by atoms with Crippen molar-refractivity contribution in [3.8, 4) is 0 Å². The lowest BCUT2D eigenvalue weighted by Crippen LogP contribution is -2.30. The molecule has 0 bridgehead atoms. The van der Waals surface area contributed by atoms with Crippen LogP contribution in [0.3, 0.4) is 0 Å². The summed E-state index contributed by atoms with van der Waals surface area (Å²) in [4.78, 5) is 38.1. The van der Waals surface area contributed by atoms with Gasteiger partial charge in [-0.1, -0.05) is 201 Å². The second-order valence-electron chi connectivity index (χ2n) is 17.7. The van der Waals surface area contributed by atoms with Gasteiger partial charge in [-0.2, -0.15) is 0 Å². The average Bonchev–Trinajstić information content (AvgIpc) is 3.33. The molecule has 0 N–H and O–H groups in total. The van der Waals surface area contributed by atoms with Crippen LogP contribution in [-0.4, -0.2) is 37.2 Å². The minimum Gasteiger partial charge on any atom is -0.462 e. The second-order valence-corrected chi connectivity index (χ2v) is 17.7. The lowest BCUT2D eigenvalue weighted by molar-refractivity contribution is -0.167. The lowest BCUT2D eigenvalue weighted by atomic mass is 10.1. The average molecular weight is 929 g/mol. The van der Waals surface area contributed by atoms with E-state index in [1.807, 2.05) is 0 Å². The van der Waals surface area contributed by atoms with Crippen LogP contribution in [0.15, 0.2) is 109 Å². The van der Waals surface area contributed by atoms with Crippen molar-refractivity contribution in [3.05, 3.63) is 109 Å². The van der Waals surface area contributed by atoms with Crippen LogP contribution < -0.4 is 0 Å². The maximum atomic E-state index is 12.8. The van der Waals surface area contributed by atoms with Gasteiger partial charge in [0, 0.05) is 19.3 Å². The molecule has 0 rings (SSSR count). The molecule has 0 aliphatic carbocycles. The van der Waals surface area contributed by atoms with Gasteiger partial charge in [0.1, 0.15) is 13.2 Å². The molecule has 6 heteroatoms. The summed E-state index contributed by atoms with van der Waals surface area (Å²) in [7, 11) is 0. The first kappa shape index (κ1) is 63.1. The minimum absolute atomic E-state index is 0.104. The number of rotatable bonds is 48. The SMILES string of the molecule is CC/C=C\C/C=C\C/C=C\C/C=C\C/C=C\CCCCCC(=O)OC[C@@H](COC(=O)CCCCCCC/C=C\CCCCCC)OC(=O)CCCCCC/C=C\C/C=C\C/C=C\CCCCC. The summed E-state index contributed by atoms with van der Waals surface area (Å²) in [6.07, 6.45) is 73.5. The van der Waals surface area contributed by atoms with E-state index >= 15 is 0 Å². The zero-order valence-corrected chi connectivity index (χ0v) is 43.4. The summed E-state index contributed by atoms with van der Waals surface area (Å²) in [6.45, 7) is 6.42. The molecule has 0 unspecified atom stereocenters. The quantitative estimate of drug-likeness (QED) is 0.0262. The molecule has 0 aromatic rings. The van der Waals surface area contributed by atoms with E-state index in [0.717, 1.165) is 135 Å². The van der Waals surface area contributed by atoms with Crippen LogP contribution in [0.5, 0.6) is 0 Å². The highest BCUT2D eigenvalue weighted by Crippen LogP contribution is 2.13. The summed E-state index contributed by atoms with van der Waals surface area (Å²) in [6, 6.07) is 0. The standard InChI is InChI=1S/C61H100O6/c1-4-7-10-13-16-19-22-25-27-29-30-32-33-36-39-42-45-48-51-54-60(63)66-57-58(56-65-59(62)53-50-47-44-41-38-35-24-21-18-15-12-9-6-3)67-61(64)55-52-49-46-43-40-37-34-31-28-26-23-20-17-14-11-8-5-2/h7,10,16-17,19-21,24-28,30,32,34,36-37,39,58H,4-6,8-9,11-15,18,22-23,29,31,33,35,38,40-57H2,1-3H3/b10-7-,19-16-,20-17-,24-21-,27-25-,28-26-,32-30-,37-34-,39-36-/t58-/m1/s1. The third-order valence-electron chi connectivity index (χ3n) is 11.2. The van der Waals surface area contributed by atoms with E-state index in [0.29, 0.717) is 19.3 Å². The Balaban J connectivity index is 4.51. The minimum atomic E-state index is -0.809. The van der Waals surface area contributed by atoms with Crippen LogP contribution in [0, 0.1) is 0 Å². The molecule has 67 heavy (non-hydrogen) atoms. The first-order valence-corrected chi connectivity index (χ1v) is 27.4. The van der Waals surface area contributed by atoms with Gasteiger partial charge in [0.15, 0.2) is 6.10 Å². The molecule has 6 nitrogen and oxygen atoms in total. The highest BCUT2D eigenvalue weighted by Gasteiger charge is 2.19. The maximum Gasteiger partial charge on any atom is 0.306 e. The Labute approximate surface area is 412 Å². The molecular weight excluding hydrogens is 829 g/mol. The molecule has 0 fully saturated rings. The number of carbonyl (C=O) groups is 3. The summed E-state index contributed by atoms with van der Waals surface area (Å²) in [5, 5.41) is 0. The third-order valence-corrected chi connectivity index (χ3v) is 11.2. The second kappa shape index (κ2) is 54.7. The van der Waals surface area contributed by atoms with E-state index in [1.54, 1.807) is 0 Å². The van der Waals surface area contributed by atoms with E-state index < -0.39 is 6.10 Å². The van der Waals surface area contributed by atoms with Crippen molar-refractivity contribution < 1.29 is 28.6 Å². The Bertz CT molecular complexity index is 1390. The summed E-state index contributed by atoms with van der Waals surface area (Å²) >= 11 is 0. The number of esters is 3. The Morgan fingerprint density at radius 2 is 0.582 bits per heavy atom. The highest BCUT2D eigenvalue weighted by molar-refractivity contribution is 5.71. The summed E-state index contributed by atoms with van der Waals surface area (Å²) in [5.74, 6) is -0.970. The van der Waals surface area contributed by atoms with Gasteiger partial charge in [-0.05, 0) is 128 Å². The van der Waals surface area contributed by atoms with Crippen LogP contribution in [0.25, 0.3) is 0 Å². The highest BCUT2D eigenvalue weighted by atomic mass is 16.6. The first-order chi connectivity index (χ1) is 33.0. The predicted octanol–water partition coefficient (Wildman–Crippen LogP) is 18.3. The molecule has 0 aromatic heterocycles. The smallest absolute Gasteiger partial charge is 0.306 e. The zero-order chi connectivity index (χ0) is 48.6. The van der Waals surface area contributed by atoms with Gasteiger partial charge < -0.3 is 14.2 Å². The fraction of sp³-hybridized carbons (Fsp3) is 0.656. The van der Waals surface area contributed by atoms with Crippen molar-refractivity contribution in [1.82, 2.24) is 0 Å². The number of carbonyl (C=O) groups excluding carboxylic acids is 3. The molecule has 380 valence electrons. The molecule has 1 atom stereocenters. The van der Waals surface area contributed by atoms with Gasteiger partial charge in [-0.3, -0.25) is 14.4 Å². The third kappa shape index (κ3) is 52.9. The monoisotopic (exact) mass is 929 g/mol. The van der Waals surface area contributed by atoms with Gasteiger partial charge in [0.05, 0.1) is 0 Å². The Morgan fingerprint density at radius 3 is 0.970 bits per heavy atom. The van der Waals surface area contributed by atoms with Crippen LogP contribution >= 0.6 is 0 Å². The fourth-order valence-corrected chi connectivity index (χ4v) is 7.12. The zero-order valence-electron chi connectivity index (χ0n) is 43.4. The first-order valence-electron chi connectivity index (χ1n) is 27.4. The summed E-state index contributed by atoms with van der Waals surface area (Å²) < 4.78 is 16.8. The van der Waals surface area contributed by atoms with Crippen LogP contribution in [0.2, 0.25) is 0 Å². The number of allylic oxidation sites excluding steroid dienone is 18. The molecule has 0 saturated carbocycles. The molecule has 0 amide bonds. The van der Waals surface area contributed by atoms with E-state index in [1.165, 1.54) is 64.2 Å². The maximum absolute atomic E-state index is 12.8. The van der Waals surface area contributed by atoms with Gasteiger partial charge in [-0.15, -0.1) is 0 Å². The molecule has 0 aliphatic heterocycles. The molecule has 0 radical (unpaired) electrons.